The van der Waals surface area contributed by atoms with Gasteiger partial charge in [0.05, 0.1) is 30.6 Å². The number of likely N-dealkylation sites (N-methyl/N-ethyl adjacent to an activating group) is 1. The number of fused-ring (bicyclic) bond motifs is 1. The fourth-order valence-electron chi connectivity index (χ4n) is 7.51. The first-order valence-electron chi connectivity index (χ1n) is 16.4. The maximum Gasteiger partial charge on any atom is 0.313 e. The van der Waals surface area contributed by atoms with Gasteiger partial charge in [-0.25, -0.2) is 0 Å². The molecule has 2 aromatic carbocycles. The summed E-state index contributed by atoms with van der Waals surface area (Å²) in [7, 11) is 1.68. The van der Waals surface area contributed by atoms with E-state index >= 15 is 0 Å². The molecule has 3 amide bonds. The third-order valence-corrected chi connectivity index (χ3v) is 10.7. The number of halogens is 1. The number of carbonyl (C=O) groups is 4. The standard InChI is InChI=1S/C37H44BrN3O7/c1-5-7-18-28(43)39(4)24(3)31(26-16-12-9-13-17-26)47-36(46)29-30-34(44)41(20-21-42)33(37(30)22-27(38)32(29)48-37)35(45)40(19-6-2)23-25-14-10-8-11-15-25/h5-6,8-17,24,27,29-33,42H,1-2,7,18-23H2,3-4H3/t24-,27?,29-,30+,31+,32-,33-,37+/m1/s1. The number of amides is 3. The zero-order chi connectivity index (χ0) is 34.6. The number of alkyl halides is 1. The molecule has 10 nitrogen and oxygen atoms in total. The van der Waals surface area contributed by atoms with Gasteiger partial charge in [0.15, 0.2) is 0 Å². The second-order valence-corrected chi connectivity index (χ2v) is 13.9. The number of hydrogen-bond acceptors (Lipinski definition) is 7. The van der Waals surface area contributed by atoms with Crippen LogP contribution in [0.25, 0.3) is 0 Å². The van der Waals surface area contributed by atoms with Crippen molar-refractivity contribution in [3.8, 4) is 0 Å². The van der Waals surface area contributed by atoms with Gasteiger partial charge in [0.2, 0.25) is 17.7 Å². The smallest absolute Gasteiger partial charge is 0.313 e. The molecular formula is C37H44BrN3O7. The molecule has 3 aliphatic rings. The minimum atomic E-state index is -1.31. The number of aliphatic hydroxyl groups is 1. The molecule has 3 saturated heterocycles. The van der Waals surface area contributed by atoms with Crippen molar-refractivity contribution in [3.63, 3.8) is 0 Å². The molecule has 0 radical (unpaired) electrons. The highest BCUT2D eigenvalue weighted by Gasteiger charge is 2.77. The Labute approximate surface area is 290 Å². The highest BCUT2D eigenvalue weighted by atomic mass is 79.9. The number of β-amino-alcohol motifs (C(OH)–C–C–N with tert-alkyl or cyclic N) is 1. The van der Waals surface area contributed by atoms with E-state index in [4.69, 9.17) is 9.47 Å². The SMILES string of the molecule is C=CCCC(=O)N(C)[C@H](C)[C@H](OC(=O)[C@H]1[C@@H]2O[C@@]3(CC2Br)[C@@H]1C(=O)N(CCO)[C@@H]3C(=O)N(CC=C)Cc1ccccc1)c1ccccc1. The topological polar surface area (TPSA) is 117 Å². The number of rotatable bonds is 15. The van der Waals surface area contributed by atoms with Crippen molar-refractivity contribution in [2.24, 2.45) is 11.8 Å². The fraction of sp³-hybridized carbons (Fsp3) is 0.459. The summed E-state index contributed by atoms with van der Waals surface area (Å²) in [5, 5.41) is 10.0. The summed E-state index contributed by atoms with van der Waals surface area (Å²) in [6, 6.07) is 17.1. The molecule has 1 N–H and O–H groups in total. The molecule has 1 unspecified atom stereocenters. The molecule has 0 aliphatic carbocycles. The van der Waals surface area contributed by atoms with Crippen LogP contribution in [0.4, 0.5) is 0 Å². The monoisotopic (exact) mass is 721 g/mol. The van der Waals surface area contributed by atoms with Crippen LogP contribution < -0.4 is 0 Å². The maximum absolute atomic E-state index is 14.5. The lowest BCUT2D eigenvalue weighted by atomic mass is 9.70. The van der Waals surface area contributed by atoms with Crippen LogP contribution in [-0.2, 0) is 35.2 Å². The highest BCUT2D eigenvalue weighted by Crippen LogP contribution is 2.60. The summed E-state index contributed by atoms with van der Waals surface area (Å²) >= 11 is 3.70. The van der Waals surface area contributed by atoms with Crippen molar-refractivity contribution >= 4 is 39.6 Å². The summed E-state index contributed by atoms with van der Waals surface area (Å²) in [5.74, 6) is -3.53. The molecule has 0 aromatic heterocycles. The van der Waals surface area contributed by atoms with Crippen LogP contribution >= 0.6 is 15.9 Å². The first-order valence-corrected chi connectivity index (χ1v) is 17.3. The number of allylic oxidation sites excluding steroid dienone is 1. The van der Waals surface area contributed by atoms with Gasteiger partial charge < -0.3 is 29.3 Å². The lowest BCUT2D eigenvalue weighted by molar-refractivity contribution is -0.164. The number of hydrogen-bond donors (Lipinski definition) is 1. The van der Waals surface area contributed by atoms with Crippen LogP contribution in [0.3, 0.4) is 0 Å². The Morgan fingerprint density at radius 2 is 1.79 bits per heavy atom. The number of ether oxygens (including phenoxy) is 2. The van der Waals surface area contributed by atoms with E-state index in [9.17, 15) is 24.3 Å². The molecule has 2 bridgehead atoms. The van der Waals surface area contributed by atoms with E-state index in [-0.39, 0.29) is 49.3 Å². The van der Waals surface area contributed by atoms with E-state index in [1.54, 1.807) is 29.0 Å². The molecule has 3 fully saturated rings. The van der Waals surface area contributed by atoms with Gasteiger partial charge in [-0.2, -0.15) is 0 Å². The average Bonchev–Trinajstić information content (AvgIpc) is 3.69. The first-order chi connectivity index (χ1) is 23.1. The van der Waals surface area contributed by atoms with Crippen LogP contribution in [0.5, 0.6) is 0 Å². The predicted molar refractivity (Wildman–Crippen MR) is 183 cm³/mol. The van der Waals surface area contributed by atoms with Gasteiger partial charge in [-0.05, 0) is 30.9 Å². The average molecular weight is 723 g/mol. The van der Waals surface area contributed by atoms with Crippen molar-refractivity contribution < 1.29 is 33.8 Å². The van der Waals surface area contributed by atoms with E-state index in [0.29, 0.717) is 18.4 Å². The van der Waals surface area contributed by atoms with E-state index in [1.165, 1.54) is 4.90 Å². The number of esters is 1. The van der Waals surface area contributed by atoms with Crippen molar-refractivity contribution in [2.75, 3.05) is 26.7 Å². The van der Waals surface area contributed by atoms with Crippen molar-refractivity contribution in [3.05, 3.63) is 97.1 Å². The number of carbonyl (C=O) groups excluding carboxylic acids is 4. The minimum absolute atomic E-state index is 0.0925. The lowest BCUT2D eigenvalue weighted by Gasteiger charge is -2.37. The van der Waals surface area contributed by atoms with Crippen LogP contribution in [0.15, 0.2) is 86.0 Å². The molecule has 1 spiro atoms. The van der Waals surface area contributed by atoms with E-state index in [0.717, 1.165) is 5.56 Å². The van der Waals surface area contributed by atoms with Crippen molar-refractivity contribution in [2.45, 2.75) is 67.5 Å². The maximum atomic E-state index is 14.5. The van der Waals surface area contributed by atoms with Gasteiger partial charge in [-0.15, -0.1) is 13.2 Å². The summed E-state index contributed by atoms with van der Waals surface area (Å²) in [6.07, 6.45) is 2.87. The van der Waals surface area contributed by atoms with Gasteiger partial charge in [0.1, 0.15) is 17.7 Å². The zero-order valence-corrected chi connectivity index (χ0v) is 29.0. The minimum Gasteiger partial charge on any atom is -0.455 e. The fourth-order valence-corrected chi connectivity index (χ4v) is 8.46. The van der Waals surface area contributed by atoms with Crippen LogP contribution in [0.1, 0.15) is 43.4 Å². The Morgan fingerprint density at radius 3 is 2.42 bits per heavy atom. The molecule has 0 saturated carbocycles. The zero-order valence-electron chi connectivity index (χ0n) is 27.4. The molecule has 3 heterocycles. The number of aliphatic hydroxyl groups excluding tert-OH is 1. The molecular weight excluding hydrogens is 678 g/mol. The first kappa shape index (κ1) is 35.5. The molecule has 2 aromatic rings. The van der Waals surface area contributed by atoms with Gasteiger partial charge in [-0.3, -0.25) is 19.2 Å². The number of likely N-dealkylation sites (tertiary alicyclic amines) is 1. The molecule has 3 aliphatic heterocycles. The number of nitrogens with zero attached hydrogens (tertiary/aromatic N) is 3. The van der Waals surface area contributed by atoms with Crippen molar-refractivity contribution in [1.82, 2.24) is 14.7 Å². The van der Waals surface area contributed by atoms with E-state index in [1.807, 2.05) is 67.6 Å². The van der Waals surface area contributed by atoms with Gasteiger partial charge in [0.25, 0.3) is 0 Å². The Hall–Kier alpha value is -3.80. The molecule has 11 heteroatoms. The Kier molecular flexibility index (Phi) is 11.2. The van der Waals surface area contributed by atoms with Crippen LogP contribution in [0.2, 0.25) is 0 Å². The number of benzene rings is 2. The largest absolute Gasteiger partial charge is 0.455 e. The quantitative estimate of drug-likeness (QED) is 0.168. The van der Waals surface area contributed by atoms with Gasteiger partial charge in [-0.1, -0.05) is 88.7 Å². The Balaban J connectivity index is 1.47. The van der Waals surface area contributed by atoms with Gasteiger partial charge >= 0.3 is 5.97 Å². The molecule has 8 atom stereocenters. The normalized spacial score (nSPS) is 26.8. The van der Waals surface area contributed by atoms with E-state index < -0.39 is 53.6 Å². The van der Waals surface area contributed by atoms with Crippen LogP contribution in [-0.4, -0.2) is 98.9 Å². The second-order valence-electron chi connectivity index (χ2n) is 12.8. The van der Waals surface area contributed by atoms with Crippen LogP contribution in [0, 0.1) is 11.8 Å². The third kappa shape index (κ3) is 6.60. The lowest BCUT2D eigenvalue weighted by Crippen LogP contribution is -2.56. The van der Waals surface area contributed by atoms with E-state index in [2.05, 4.69) is 29.1 Å². The summed E-state index contributed by atoms with van der Waals surface area (Å²) < 4.78 is 12.9. The second kappa shape index (κ2) is 15.2. The van der Waals surface area contributed by atoms with Crippen molar-refractivity contribution in [1.29, 1.82) is 0 Å². The molecule has 256 valence electrons. The molecule has 5 rings (SSSR count). The molecule has 48 heavy (non-hydrogen) atoms. The summed E-state index contributed by atoms with van der Waals surface area (Å²) in [4.78, 5) is 60.4. The van der Waals surface area contributed by atoms with Gasteiger partial charge in [0, 0.05) is 37.9 Å². The highest BCUT2D eigenvalue weighted by molar-refractivity contribution is 9.09. The Morgan fingerprint density at radius 1 is 1.12 bits per heavy atom. The predicted octanol–water partition coefficient (Wildman–Crippen LogP) is 4.04. The summed E-state index contributed by atoms with van der Waals surface area (Å²) in [6.45, 7) is 9.42. The summed E-state index contributed by atoms with van der Waals surface area (Å²) in [5.41, 5.74) is 0.294. The Bertz CT molecular complexity index is 1510. The third-order valence-electron chi connectivity index (χ3n) is 9.89.